The van der Waals surface area contributed by atoms with Gasteiger partial charge in [0.1, 0.15) is 13.2 Å². The number of ether oxygens (including phenoxy) is 4. The van der Waals surface area contributed by atoms with E-state index in [9.17, 15) is 14.4 Å². The molecule has 0 saturated carbocycles. The van der Waals surface area contributed by atoms with E-state index in [-0.39, 0.29) is 19.8 Å². The number of unbranched alkanes of at least 4 members (excludes halogenated alkanes) is 2. The van der Waals surface area contributed by atoms with Gasteiger partial charge < -0.3 is 24.3 Å². The molecule has 0 atom stereocenters. The van der Waals surface area contributed by atoms with Gasteiger partial charge in [-0.25, -0.2) is 14.4 Å². The van der Waals surface area contributed by atoms with Gasteiger partial charge in [-0.05, 0) is 19.3 Å². The summed E-state index contributed by atoms with van der Waals surface area (Å²) in [4.78, 5) is 32.7. The van der Waals surface area contributed by atoms with Gasteiger partial charge in [-0.3, -0.25) is 0 Å². The monoisotopic (exact) mass is 343 g/mol. The SMILES string of the molecule is C=CC(=O)OCCNC(=O)OCCCCCOCCOC(=O)C=C. The molecule has 0 spiro atoms. The van der Waals surface area contributed by atoms with Crippen LogP contribution in [0.4, 0.5) is 4.79 Å². The van der Waals surface area contributed by atoms with Gasteiger partial charge in [-0.2, -0.15) is 0 Å². The standard InChI is InChI=1S/C16H25NO7/c1-3-14(18)22-11-8-17-16(20)24-10-7-5-6-9-21-12-13-23-15(19)4-2/h3-4H,1-2,5-13H2,(H,17,20). The summed E-state index contributed by atoms with van der Waals surface area (Å²) in [6.07, 6.45) is 3.98. The average Bonchev–Trinajstić information content (AvgIpc) is 2.59. The number of alkyl carbamates (subject to hydrolysis) is 1. The molecule has 0 saturated heterocycles. The van der Waals surface area contributed by atoms with Crippen molar-refractivity contribution in [2.45, 2.75) is 19.3 Å². The molecule has 1 amide bonds. The fourth-order valence-corrected chi connectivity index (χ4v) is 1.42. The summed E-state index contributed by atoms with van der Waals surface area (Å²) < 4.78 is 19.6. The number of amides is 1. The number of carbonyl (C=O) groups excluding carboxylic acids is 3. The molecule has 0 bridgehead atoms. The van der Waals surface area contributed by atoms with Crippen LogP contribution in [0.2, 0.25) is 0 Å². The van der Waals surface area contributed by atoms with Crippen LogP contribution in [-0.2, 0) is 28.5 Å². The molecule has 136 valence electrons. The molecule has 1 N–H and O–H groups in total. The molecule has 8 nitrogen and oxygen atoms in total. The van der Waals surface area contributed by atoms with E-state index in [0.717, 1.165) is 25.0 Å². The van der Waals surface area contributed by atoms with Gasteiger partial charge >= 0.3 is 18.0 Å². The van der Waals surface area contributed by atoms with E-state index < -0.39 is 18.0 Å². The van der Waals surface area contributed by atoms with E-state index in [1.54, 1.807) is 0 Å². The molecule has 8 heteroatoms. The summed E-state index contributed by atoms with van der Waals surface area (Å²) in [6.45, 7) is 8.18. The van der Waals surface area contributed by atoms with Crippen molar-refractivity contribution in [2.24, 2.45) is 0 Å². The molecule has 0 heterocycles. The van der Waals surface area contributed by atoms with E-state index in [1.807, 2.05) is 0 Å². The lowest BCUT2D eigenvalue weighted by atomic mass is 10.2. The first-order chi connectivity index (χ1) is 11.6. The molecule has 0 fully saturated rings. The third kappa shape index (κ3) is 14.6. The number of rotatable bonds is 14. The maximum absolute atomic E-state index is 11.3. The Bertz CT molecular complexity index is 409. The van der Waals surface area contributed by atoms with Crippen LogP contribution in [0.1, 0.15) is 19.3 Å². The first kappa shape index (κ1) is 21.6. The van der Waals surface area contributed by atoms with Gasteiger partial charge in [-0.1, -0.05) is 13.2 Å². The van der Waals surface area contributed by atoms with Crippen molar-refractivity contribution >= 4 is 18.0 Å². The average molecular weight is 343 g/mol. The molecule has 0 rings (SSSR count). The molecule has 24 heavy (non-hydrogen) atoms. The van der Waals surface area contributed by atoms with Gasteiger partial charge in [0.2, 0.25) is 0 Å². The van der Waals surface area contributed by atoms with E-state index in [1.165, 1.54) is 0 Å². The highest BCUT2D eigenvalue weighted by Crippen LogP contribution is 1.97. The number of hydrogen-bond acceptors (Lipinski definition) is 7. The van der Waals surface area contributed by atoms with Crippen molar-refractivity contribution in [3.05, 3.63) is 25.3 Å². The normalized spacial score (nSPS) is 9.67. The number of esters is 2. The highest BCUT2D eigenvalue weighted by molar-refractivity contribution is 5.81. The van der Waals surface area contributed by atoms with Gasteiger partial charge in [-0.15, -0.1) is 0 Å². The third-order valence-electron chi connectivity index (χ3n) is 2.59. The van der Waals surface area contributed by atoms with E-state index in [2.05, 4.69) is 23.2 Å². The van der Waals surface area contributed by atoms with Crippen LogP contribution in [-0.4, -0.2) is 57.6 Å². The predicted octanol–water partition coefficient (Wildman–Crippen LogP) is 1.36. The molecule has 0 radical (unpaired) electrons. The van der Waals surface area contributed by atoms with E-state index >= 15 is 0 Å². The number of hydrogen-bond donors (Lipinski definition) is 1. The summed E-state index contributed by atoms with van der Waals surface area (Å²) in [6, 6.07) is 0. The zero-order valence-corrected chi connectivity index (χ0v) is 13.8. The fraction of sp³-hybridized carbons (Fsp3) is 0.562. The second-order valence-corrected chi connectivity index (χ2v) is 4.48. The van der Waals surface area contributed by atoms with Crippen molar-refractivity contribution in [3.8, 4) is 0 Å². The summed E-state index contributed by atoms with van der Waals surface area (Å²) in [7, 11) is 0. The zero-order valence-electron chi connectivity index (χ0n) is 13.8. The Hall–Kier alpha value is -2.35. The maximum atomic E-state index is 11.3. The molecule has 0 aromatic rings. The minimum atomic E-state index is -0.551. The second kappa shape index (κ2) is 15.5. The molecule has 0 aromatic heterocycles. The second-order valence-electron chi connectivity index (χ2n) is 4.48. The van der Waals surface area contributed by atoms with E-state index in [4.69, 9.17) is 14.2 Å². The lowest BCUT2D eigenvalue weighted by molar-refractivity contribution is -0.139. The lowest BCUT2D eigenvalue weighted by Gasteiger charge is -2.07. The van der Waals surface area contributed by atoms with Crippen molar-refractivity contribution in [1.29, 1.82) is 0 Å². The molecule has 0 aromatic carbocycles. The van der Waals surface area contributed by atoms with Crippen LogP contribution >= 0.6 is 0 Å². The smallest absolute Gasteiger partial charge is 0.407 e. The Morgan fingerprint density at radius 2 is 1.38 bits per heavy atom. The van der Waals surface area contributed by atoms with Crippen LogP contribution in [0, 0.1) is 0 Å². The van der Waals surface area contributed by atoms with Gasteiger partial charge in [0.15, 0.2) is 0 Å². The first-order valence-corrected chi connectivity index (χ1v) is 7.67. The summed E-state index contributed by atoms with van der Waals surface area (Å²) in [5, 5.41) is 2.46. The molecular formula is C16H25NO7. The van der Waals surface area contributed by atoms with Gasteiger partial charge in [0, 0.05) is 18.8 Å². The minimum absolute atomic E-state index is 0.0689. The van der Waals surface area contributed by atoms with Crippen LogP contribution in [0.3, 0.4) is 0 Å². The fourth-order valence-electron chi connectivity index (χ4n) is 1.42. The van der Waals surface area contributed by atoms with Crippen molar-refractivity contribution in [2.75, 3.05) is 39.6 Å². The van der Waals surface area contributed by atoms with Crippen LogP contribution in [0.25, 0.3) is 0 Å². The van der Waals surface area contributed by atoms with Gasteiger partial charge in [0.05, 0.1) is 19.8 Å². The number of carbonyl (C=O) groups is 3. The Morgan fingerprint density at radius 3 is 2.04 bits per heavy atom. The van der Waals surface area contributed by atoms with Gasteiger partial charge in [0.25, 0.3) is 0 Å². The summed E-state index contributed by atoms with van der Waals surface area (Å²) in [5.74, 6) is -1.00. The van der Waals surface area contributed by atoms with Crippen LogP contribution in [0.15, 0.2) is 25.3 Å². The third-order valence-corrected chi connectivity index (χ3v) is 2.59. The first-order valence-electron chi connectivity index (χ1n) is 7.67. The molecular weight excluding hydrogens is 318 g/mol. The lowest BCUT2D eigenvalue weighted by Crippen LogP contribution is -2.28. The summed E-state index contributed by atoms with van der Waals surface area (Å²) in [5.41, 5.74) is 0. The molecule has 0 aliphatic rings. The van der Waals surface area contributed by atoms with E-state index in [0.29, 0.717) is 26.2 Å². The Kier molecular flexibility index (Phi) is 14.0. The molecule has 0 unspecified atom stereocenters. The van der Waals surface area contributed by atoms with Crippen LogP contribution in [0.5, 0.6) is 0 Å². The Balaban J connectivity index is 3.27. The maximum Gasteiger partial charge on any atom is 0.407 e. The Morgan fingerprint density at radius 1 is 0.750 bits per heavy atom. The predicted molar refractivity (Wildman–Crippen MR) is 86.3 cm³/mol. The largest absolute Gasteiger partial charge is 0.461 e. The van der Waals surface area contributed by atoms with Crippen molar-refractivity contribution in [1.82, 2.24) is 5.32 Å². The van der Waals surface area contributed by atoms with Crippen molar-refractivity contribution < 1.29 is 33.3 Å². The Labute approximate surface area is 141 Å². The molecule has 0 aliphatic carbocycles. The summed E-state index contributed by atoms with van der Waals surface area (Å²) >= 11 is 0. The quantitative estimate of drug-likeness (QED) is 0.220. The highest BCUT2D eigenvalue weighted by Gasteiger charge is 2.02. The number of nitrogens with one attached hydrogen (secondary N) is 1. The molecule has 0 aliphatic heterocycles. The topological polar surface area (TPSA) is 100 Å². The minimum Gasteiger partial charge on any atom is -0.461 e. The van der Waals surface area contributed by atoms with Crippen molar-refractivity contribution in [3.63, 3.8) is 0 Å². The zero-order chi connectivity index (χ0) is 18.0. The highest BCUT2D eigenvalue weighted by atomic mass is 16.6. The van der Waals surface area contributed by atoms with Crippen LogP contribution < -0.4 is 5.32 Å².